The highest BCUT2D eigenvalue weighted by atomic mass is 32.2. The SMILES string of the molecule is COc1cc2nc(C)nc(OS(=O)(=O)c3c(C(C)C)cc(C(C)C)cc3C(C)C)c2cc1OC(=O)N1CCC(N(C)C)CC1. The lowest BCUT2D eigenvalue weighted by Gasteiger charge is -2.34. The van der Waals surface area contributed by atoms with E-state index in [0.717, 1.165) is 18.4 Å². The van der Waals surface area contributed by atoms with Crippen LogP contribution in [-0.2, 0) is 10.1 Å². The molecule has 0 N–H and O–H groups in total. The number of likely N-dealkylation sites (tertiary alicyclic amines) is 1. The number of nitrogens with zero attached hydrogens (tertiary/aromatic N) is 4. The Balaban J connectivity index is 1.77. The van der Waals surface area contributed by atoms with Gasteiger partial charge in [0, 0.05) is 25.2 Å². The van der Waals surface area contributed by atoms with Crippen molar-refractivity contribution >= 4 is 27.1 Å². The van der Waals surface area contributed by atoms with E-state index in [4.69, 9.17) is 13.7 Å². The number of aryl methyl sites for hydroxylation is 1. The van der Waals surface area contributed by atoms with Crippen molar-refractivity contribution in [3.05, 3.63) is 46.8 Å². The predicted molar refractivity (Wildman–Crippen MR) is 172 cm³/mol. The van der Waals surface area contributed by atoms with Gasteiger partial charge in [0.05, 0.1) is 18.0 Å². The average molecular weight is 627 g/mol. The fraction of sp³-hybridized carbons (Fsp3) is 0.545. The van der Waals surface area contributed by atoms with Crippen molar-refractivity contribution in [2.45, 2.75) is 90.0 Å². The molecular formula is C33H46N4O6S. The molecule has 44 heavy (non-hydrogen) atoms. The Morgan fingerprint density at radius 2 is 1.50 bits per heavy atom. The van der Waals surface area contributed by atoms with Crippen LogP contribution >= 0.6 is 0 Å². The molecule has 1 aliphatic heterocycles. The van der Waals surface area contributed by atoms with Gasteiger partial charge in [-0.25, -0.2) is 9.78 Å². The summed E-state index contributed by atoms with van der Waals surface area (Å²) in [4.78, 5) is 26.0. The van der Waals surface area contributed by atoms with Gasteiger partial charge >= 0.3 is 16.2 Å². The zero-order valence-electron chi connectivity index (χ0n) is 27.6. The fourth-order valence-corrected chi connectivity index (χ4v) is 7.15. The Kier molecular flexibility index (Phi) is 10.1. The third kappa shape index (κ3) is 7.10. The summed E-state index contributed by atoms with van der Waals surface area (Å²) in [6.45, 7) is 14.9. The lowest BCUT2D eigenvalue weighted by atomic mass is 9.89. The summed E-state index contributed by atoms with van der Waals surface area (Å²) < 4.78 is 45.5. The lowest BCUT2D eigenvalue weighted by Crippen LogP contribution is -2.45. The van der Waals surface area contributed by atoms with E-state index in [2.05, 4.69) is 28.7 Å². The molecule has 1 aliphatic rings. The summed E-state index contributed by atoms with van der Waals surface area (Å²) in [7, 11) is 1.21. The zero-order chi connectivity index (χ0) is 32.5. The number of fused-ring (bicyclic) bond motifs is 1. The number of rotatable bonds is 9. The molecule has 0 spiro atoms. The molecule has 10 nitrogen and oxygen atoms in total. The van der Waals surface area contributed by atoms with Crippen LogP contribution in [0.2, 0.25) is 0 Å². The number of amides is 1. The maximum Gasteiger partial charge on any atom is 0.415 e. The van der Waals surface area contributed by atoms with Crippen molar-refractivity contribution in [2.75, 3.05) is 34.3 Å². The summed E-state index contributed by atoms with van der Waals surface area (Å²) in [5, 5.41) is 0.282. The lowest BCUT2D eigenvalue weighted by molar-refractivity contribution is 0.117. The number of hydrogen-bond acceptors (Lipinski definition) is 9. The van der Waals surface area contributed by atoms with Gasteiger partial charge in [0.15, 0.2) is 11.5 Å². The Labute approximate surface area is 261 Å². The van der Waals surface area contributed by atoms with Crippen LogP contribution < -0.4 is 13.7 Å². The summed E-state index contributed by atoms with van der Waals surface area (Å²) in [6.07, 6.45) is 1.18. The average Bonchev–Trinajstić information content (AvgIpc) is 2.95. The number of methoxy groups -OCH3 is 1. The molecule has 11 heteroatoms. The molecule has 2 heterocycles. The van der Waals surface area contributed by atoms with Crippen molar-refractivity contribution < 1.29 is 26.9 Å². The van der Waals surface area contributed by atoms with Gasteiger partial charge in [-0.1, -0.05) is 53.7 Å². The van der Waals surface area contributed by atoms with E-state index in [1.807, 2.05) is 53.9 Å². The third-order valence-corrected chi connectivity index (χ3v) is 9.57. The third-order valence-electron chi connectivity index (χ3n) is 8.23. The molecule has 0 atom stereocenters. The first-order valence-corrected chi connectivity index (χ1v) is 16.7. The molecule has 1 saturated heterocycles. The largest absolute Gasteiger partial charge is 0.493 e. The summed E-state index contributed by atoms with van der Waals surface area (Å²) >= 11 is 0. The number of aromatic nitrogens is 2. The smallest absolute Gasteiger partial charge is 0.415 e. The highest BCUT2D eigenvalue weighted by Gasteiger charge is 2.31. The number of carbonyl (C=O) groups excluding carboxylic acids is 1. The van der Waals surface area contributed by atoms with Crippen molar-refractivity contribution in [2.24, 2.45) is 0 Å². The number of piperidine rings is 1. The van der Waals surface area contributed by atoms with Gasteiger partial charge in [0.1, 0.15) is 10.7 Å². The fourth-order valence-electron chi connectivity index (χ4n) is 5.57. The number of carbonyl (C=O) groups is 1. The maximum atomic E-state index is 14.2. The highest BCUT2D eigenvalue weighted by Crippen LogP contribution is 2.39. The summed E-state index contributed by atoms with van der Waals surface area (Å²) in [5.74, 6) is 0.684. The zero-order valence-corrected chi connectivity index (χ0v) is 28.4. The van der Waals surface area contributed by atoms with Crippen LogP contribution in [-0.4, -0.2) is 74.6 Å². The summed E-state index contributed by atoms with van der Waals surface area (Å²) in [6, 6.07) is 7.44. The topological polar surface area (TPSA) is 111 Å². The quantitative estimate of drug-likeness (QED) is 0.242. The molecule has 0 unspecified atom stereocenters. The van der Waals surface area contributed by atoms with E-state index in [1.165, 1.54) is 13.2 Å². The van der Waals surface area contributed by atoms with Crippen LogP contribution in [0.4, 0.5) is 4.79 Å². The second kappa shape index (κ2) is 13.3. The van der Waals surface area contributed by atoms with E-state index in [0.29, 0.717) is 41.6 Å². The van der Waals surface area contributed by atoms with Crippen LogP contribution in [0.5, 0.6) is 17.4 Å². The molecule has 1 amide bonds. The minimum absolute atomic E-state index is 0.0680. The van der Waals surface area contributed by atoms with Gasteiger partial charge < -0.3 is 23.5 Å². The number of ether oxygens (including phenoxy) is 2. The van der Waals surface area contributed by atoms with E-state index in [-0.39, 0.29) is 45.4 Å². The van der Waals surface area contributed by atoms with Crippen LogP contribution in [0.1, 0.15) is 94.7 Å². The van der Waals surface area contributed by atoms with Gasteiger partial charge in [0.25, 0.3) is 0 Å². The van der Waals surface area contributed by atoms with Gasteiger partial charge in [-0.15, -0.1) is 0 Å². The molecule has 0 saturated carbocycles. The second-order valence-electron chi connectivity index (χ2n) is 12.7. The first-order valence-electron chi connectivity index (χ1n) is 15.2. The number of benzene rings is 2. The monoisotopic (exact) mass is 626 g/mol. The normalized spacial score (nSPS) is 14.7. The van der Waals surface area contributed by atoms with Crippen LogP contribution in [0, 0.1) is 6.92 Å². The van der Waals surface area contributed by atoms with Crippen molar-refractivity contribution in [1.29, 1.82) is 0 Å². The molecule has 240 valence electrons. The van der Waals surface area contributed by atoms with E-state index >= 15 is 0 Å². The Morgan fingerprint density at radius 1 is 0.909 bits per heavy atom. The maximum absolute atomic E-state index is 14.2. The molecule has 2 aromatic carbocycles. The van der Waals surface area contributed by atoms with Gasteiger partial charge in [-0.3, -0.25) is 0 Å². The summed E-state index contributed by atoms with van der Waals surface area (Å²) in [5.41, 5.74) is 2.87. The number of hydrogen-bond donors (Lipinski definition) is 0. The van der Waals surface area contributed by atoms with Crippen LogP contribution in [0.3, 0.4) is 0 Å². The Morgan fingerprint density at radius 3 is 2.00 bits per heavy atom. The van der Waals surface area contributed by atoms with Gasteiger partial charge in [-0.2, -0.15) is 13.4 Å². The molecular weight excluding hydrogens is 580 g/mol. The molecule has 0 bridgehead atoms. The van der Waals surface area contributed by atoms with Crippen molar-refractivity contribution in [3.8, 4) is 17.4 Å². The second-order valence-corrected chi connectivity index (χ2v) is 14.2. The first-order chi connectivity index (χ1) is 20.6. The van der Waals surface area contributed by atoms with E-state index < -0.39 is 16.2 Å². The minimum atomic E-state index is -4.34. The van der Waals surface area contributed by atoms with E-state index in [1.54, 1.807) is 17.9 Å². The molecule has 1 aromatic heterocycles. The molecule has 4 rings (SSSR count). The molecule has 0 radical (unpaired) electrons. The van der Waals surface area contributed by atoms with Crippen molar-refractivity contribution in [3.63, 3.8) is 0 Å². The predicted octanol–water partition coefficient (Wildman–Crippen LogP) is 6.61. The van der Waals surface area contributed by atoms with Crippen molar-refractivity contribution in [1.82, 2.24) is 19.8 Å². The highest BCUT2D eigenvalue weighted by molar-refractivity contribution is 7.87. The Bertz CT molecular complexity index is 1600. The minimum Gasteiger partial charge on any atom is -0.493 e. The van der Waals surface area contributed by atoms with Gasteiger partial charge in [-0.05, 0) is 74.4 Å². The molecule has 3 aromatic rings. The van der Waals surface area contributed by atoms with Crippen LogP contribution in [0.15, 0.2) is 29.2 Å². The molecule has 1 fully saturated rings. The standard InChI is InChI=1S/C33H46N4O6S/c1-19(2)23-15-25(20(3)4)31(26(16-23)21(5)6)44(39,40)43-32-27-17-30(29(41-10)18-28(27)34-22(7)35-32)42-33(38)37-13-11-24(12-14-37)36(8)9/h15-21,24H,11-14H2,1-10H3. The van der Waals surface area contributed by atoms with Crippen LogP contribution in [0.25, 0.3) is 10.9 Å². The van der Waals surface area contributed by atoms with Gasteiger partial charge in [0.2, 0.25) is 5.88 Å². The first kappa shape index (κ1) is 33.5. The Hall–Kier alpha value is -3.44. The van der Waals surface area contributed by atoms with E-state index in [9.17, 15) is 13.2 Å². The molecule has 0 aliphatic carbocycles.